The van der Waals surface area contributed by atoms with Gasteiger partial charge in [0.25, 0.3) is 0 Å². The van der Waals surface area contributed by atoms with E-state index in [9.17, 15) is 15.0 Å². The van der Waals surface area contributed by atoms with Crippen LogP contribution < -0.4 is 5.32 Å². The predicted molar refractivity (Wildman–Crippen MR) is 308 cm³/mol. The average molecular weight is 965 g/mol. The largest absolute Gasteiger partial charge is 0.394 e. The zero-order valence-corrected chi connectivity index (χ0v) is 46.6. The zero-order valence-electron chi connectivity index (χ0n) is 46.6. The molecule has 1 amide bonds. The maximum absolute atomic E-state index is 12.5. The number of rotatable bonds is 57. The molecule has 0 aliphatic rings. The first-order valence-corrected chi connectivity index (χ1v) is 31.0. The molecule has 0 rings (SSSR count). The molecule has 0 aliphatic heterocycles. The van der Waals surface area contributed by atoms with Crippen molar-refractivity contribution in [1.82, 2.24) is 5.32 Å². The third-order valence-electron chi connectivity index (χ3n) is 14.2. The van der Waals surface area contributed by atoms with E-state index in [0.717, 1.165) is 44.9 Å². The molecule has 0 aromatic rings. The highest BCUT2D eigenvalue weighted by Gasteiger charge is 2.18. The van der Waals surface area contributed by atoms with E-state index in [4.69, 9.17) is 0 Å². The van der Waals surface area contributed by atoms with Gasteiger partial charge in [0.15, 0.2) is 0 Å². The van der Waals surface area contributed by atoms with Crippen molar-refractivity contribution in [2.75, 3.05) is 6.61 Å². The lowest BCUT2D eigenvalue weighted by Crippen LogP contribution is -2.45. The molecule has 0 heterocycles. The average Bonchev–Trinajstić information content (AvgIpc) is 3.35. The Labute approximate surface area is 432 Å². The smallest absolute Gasteiger partial charge is 0.220 e. The molecule has 0 radical (unpaired) electrons. The molecule has 0 aliphatic carbocycles. The Morgan fingerprint density at radius 1 is 0.348 bits per heavy atom. The highest BCUT2D eigenvalue weighted by atomic mass is 16.3. The van der Waals surface area contributed by atoms with Gasteiger partial charge in [-0.2, -0.15) is 0 Å². The van der Waals surface area contributed by atoms with Gasteiger partial charge < -0.3 is 15.5 Å². The Morgan fingerprint density at radius 2 is 0.609 bits per heavy atom. The number of aliphatic hydroxyl groups excluding tert-OH is 2. The molecule has 0 aromatic heterocycles. The highest BCUT2D eigenvalue weighted by molar-refractivity contribution is 5.76. The van der Waals surface area contributed by atoms with E-state index in [1.807, 2.05) is 6.08 Å². The molecule has 4 nitrogen and oxygen atoms in total. The maximum atomic E-state index is 12.5. The normalized spacial score (nSPS) is 13.2. The molecule has 2 atom stereocenters. The number of allylic oxidation sites excluding steroid dienone is 9. The van der Waals surface area contributed by atoms with Gasteiger partial charge in [-0.25, -0.2) is 0 Å². The molecule has 0 bridgehead atoms. The third-order valence-corrected chi connectivity index (χ3v) is 14.2. The number of hydrogen-bond acceptors (Lipinski definition) is 3. The first-order valence-electron chi connectivity index (χ1n) is 31.0. The topological polar surface area (TPSA) is 69.6 Å². The molecule has 0 fully saturated rings. The van der Waals surface area contributed by atoms with Crippen molar-refractivity contribution >= 4 is 5.91 Å². The van der Waals surface area contributed by atoms with E-state index in [1.54, 1.807) is 6.08 Å². The van der Waals surface area contributed by atoms with Crippen LogP contribution in [-0.4, -0.2) is 34.9 Å². The molecular weight excluding hydrogens is 843 g/mol. The first kappa shape index (κ1) is 67.1. The van der Waals surface area contributed by atoms with Gasteiger partial charge in [-0.15, -0.1) is 0 Å². The van der Waals surface area contributed by atoms with Crippen molar-refractivity contribution in [2.24, 2.45) is 0 Å². The van der Waals surface area contributed by atoms with Crippen LogP contribution in [0.4, 0.5) is 0 Å². The second kappa shape index (κ2) is 60.4. The fourth-order valence-electron chi connectivity index (χ4n) is 9.50. The summed E-state index contributed by atoms with van der Waals surface area (Å²) in [6, 6.07) is -0.644. The molecular formula is C65H121NO3. The van der Waals surface area contributed by atoms with Crippen molar-refractivity contribution in [3.63, 3.8) is 0 Å². The zero-order chi connectivity index (χ0) is 49.9. The van der Waals surface area contributed by atoms with E-state index in [2.05, 4.69) is 67.8 Å². The lowest BCUT2D eigenvalue weighted by atomic mass is 10.0. The minimum absolute atomic E-state index is 0.0733. The standard InChI is InChI=1S/C65H121NO3/c1-3-5-7-9-11-13-15-17-19-21-23-25-27-29-31-32-33-35-36-38-40-42-44-46-48-50-52-54-56-58-60-64(68)63(62-67)66-65(69)61-59-57-55-53-51-49-47-45-43-41-39-37-34-30-28-26-24-22-20-18-16-14-12-10-8-6-4-2/h16,18,22,24,28,30,50,52,58,60,63-64,67-68H,3-15,17,19-21,23,25-27,29,31-49,51,53-57,59,61-62H2,1-2H3,(H,66,69)/b18-16-,24-22-,30-28-,52-50+,60-58+. The SMILES string of the molecule is CCCCCCC/C=C\C/C=C\C/C=C\CCCCCCCCCCCCCCC(=O)NC(CO)C(O)/C=C/CC/C=C/CCCCCCCCCCCCCCCCCCCCCCCCCC. The monoisotopic (exact) mass is 964 g/mol. The number of hydrogen-bond donors (Lipinski definition) is 3. The summed E-state index contributed by atoms with van der Waals surface area (Å²) < 4.78 is 0. The van der Waals surface area contributed by atoms with Crippen LogP contribution in [0.15, 0.2) is 60.8 Å². The van der Waals surface area contributed by atoms with Gasteiger partial charge in [0, 0.05) is 6.42 Å². The first-order chi connectivity index (χ1) is 34.2. The van der Waals surface area contributed by atoms with Crippen LogP contribution in [0.3, 0.4) is 0 Å². The van der Waals surface area contributed by atoms with Crippen molar-refractivity contribution < 1.29 is 15.0 Å². The summed E-state index contributed by atoms with van der Waals surface area (Å²) in [4.78, 5) is 12.5. The minimum Gasteiger partial charge on any atom is -0.394 e. The minimum atomic E-state index is -0.867. The third kappa shape index (κ3) is 56.9. The Balaban J connectivity index is 3.51. The number of carbonyl (C=O) groups excluding carboxylic acids is 1. The van der Waals surface area contributed by atoms with Crippen LogP contribution >= 0.6 is 0 Å². The molecule has 0 saturated carbocycles. The van der Waals surface area contributed by atoms with Gasteiger partial charge in [-0.3, -0.25) is 4.79 Å². The fourth-order valence-corrected chi connectivity index (χ4v) is 9.50. The van der Waals surface area contributed by atoms with Gasteiger partial charge in [0.05, 0.1) is 18.8 Å². The quantitative estimate of drug-likeness (QED) is 0.0420. The summed E-state index contributed by atoms with van der Waals surface area (Å²) in [6.07, 6.45) is 85.5. The molecule has 3 N–H and O–H groups in total. The Morgan fingerprint density at radius 3 is 0.942 bits per heavy atom. The van der Waals surface area contributed by atoms with E-state index < -0.39 is 12.1 Å². The highest BCUT2D eigenvalue weighted by Crippen LogP contribution is 2.17. The second-order valence-corrected chi connectivity index (χ2v) is 21.1. The number of amides is 1. The van der Waals surface area contributed by atoms with Crippen LogP contribution in [0.2, 0.25) is 0 Å². The van der Waals surface area contributed by atoms with Crippen LogP contribution in [-0.2, 0) is 4.79 Å². The summed E-state index contributed by atoms with van der Waals surface area (Å²) >= 11 is 0. The van der Waals surface area contributed by atoms with Crippen LogP contribution in [0.25, 0.3) is 0 Å². The lowest BCUT2D eigenvalue weighted by molar-refractivity contribution is -0.123. The van der Waals surface area contributed by atoms with Crippen molar-refractivity contribution in [3.8, 4) is 0 Å². The molecule has 0 spiro atoms. The van der Waals surface area contributed by atoms with Crippen LogP contribution in [0, 0.1) is 0 Å². The van der Waals surface area contributed by atoms with Gasteiger partial charge >= 0.3 is 0 Å². The molecule has 0 saturated heterocycles. The molecule has 69 heavy (non-hydrogen) atoms. The number of unbranched alkanes of at least 4 members (excludes halogenated alkanes) is 42. The Hall–Kier alpha value is -1.91. The van der Waals surface area contributed by atoms with Gasteiger partial charge in [0.1, 0.15) is 0 Å². The summed E-state index contributed by atoms with van der Waals surface area (Å²) in [5, 5.41) is 23.2. The summed E-state index contributed by atoms with van der Waals surface area (Å²) in [5.41, 5.74) is 0. The number of aliphatic hydroxyl groups is 2. The maximum Gasteiger partial charge on any atom is 0.220 e. The van der Waals surface area contributed by atoms with Gasteiger partial charge in [-0.1, -0.05) is 312 Å². The van der Waals surface area contributed by atoms with E-state index in [0.29, 0.717) is 6.42 Å². The Bertz CT molecular complexity index is 1140. The summed E-state index contributed by atoms with van der Waals surface area (Å²) in [6.45, 7) is 4.32. The summed E-state index contributed by atoms with van der Waals surface area (Å²) in [7, 11) is 0. The van der Waals surface area contributed by atoms with Crippen LogP contribution in [0.1, 0.15) is 328 Å². The van der Waals surface area contributed by atoms with E-state index >= 15 is 0 Å². The molecule has 0 aromatic carbocycles. The molecule has 404 valence electrons. The van der Waals surface area contributed by atoms with E-state index in [1.165, 1.54) is 263 Å². The summed E-state index contributed by atoms with van der Waals surface area (Å²) in [5.74, 6) is -0.0733. The second-order valence-electron chi connectivity index (χ2n) is 21.1. The van der Waals surface area contributed by atoms with Gasteiger partial charge in [-0.05, 0) is 70.6 Å². The van der Waals surface area contributed by atoms with Crippen molar-refractivity contribution in [3.05, 3.63) is 60.8 Å². The predicted octanol–water partition coefficient (Wildman–Crippen LogP) is 20.8. The van der Waals surface area contributed by atoms with Crippen molar-refractivity contribution in [2.45, 2.75) is 341 Å². The molecule has 4 heteroatoms. The number of nitrogens with one attached hydrogen (secondary N) is 1. The van der Waals surface area contributed by atoms with E-state index in [-0.39, 0.29) is 12.5 Å². The fraction of sp³-hybridized carbons (Fsp3) is 0.831. The van der Waals surface area contributed by atoms with Crippen LogP contribution in [0.5, 0.6) is 0 Å². The van der Waals surface area contributed by atoms with Gasteiger partial charge in [0.2, 0.25) is 5.91 Å². The molecule has 2 unspecified atom stereocenters. The van der Waals surface area contributed by atoms with Crippen molar-refractivity contribution in [1.29, 1.82) is 0 Å². The lowest BCUT2D eigenvalue weighted by Gasteiger charge is -2.19. The Kier molecular flexibility index (Phi) is 58.7. The number of carbonyl (C=O) groups is 1.